The van der Waals surface area contributed by atoms with E-state index in [0.29, 0.717) is 30.3 Å². The molecule has 0 bridgehead atoms. The smallest absolute Gasteiger partial charge is 0.338 e. The third-order valence-electron chi connectivity index (χ3n) is 3.97. The first-order chi connectivity index (χ1) is 13.1. The topological polar surface area (TPSA) is 72.6 Å². The molecule has 0 unspecified atom stereocenters. The Hall–Kier alpha value is -3.41. The van der Waals surface area contributed by atoms with Gasteiger partial charge in [-0.1, -0.05) is 24.3 Å². The van der Waals surface area contributed by atoms with E-state index in [-0.39, 0.29) is 11.6 Å². The molecule has 138 valence electrons. The predicted molar refractivity (Wildman–Crippen MR) is 102 cm³/mol. The number of amides is 1. The molecule has 0 saturated carbocycles. The van der Waals surface area contributed by atoms with Crippen LogP contribution < -0.4 is 4.90 Å². The zero-order valence-corrected chi connectivity index (χ0v) is 15.2. The molecule has 6 nitrogen and oxygen atoms in total. The molecule has 3 aromatic rings. The normalized spacial score (nSPS) is 10.4. The minimum Gasteiger partial charge on any atom is -0.462 e. The molecule has 1 aromatic heterocycles. The summed E-state index contributed by atoms with van der Waals surface area (Å²) in [5.41, 5.74) is 1.99. The van der Waals surface area contributed by atoms with Crippen LogP contribution in [0, 0.1) is 0 Å². The van der Waals surface area contributed by atoms with E-state index in [4.69, 9.17) is 9.15 Å². The van der Waals surface area contributed by atoms with Crippen LogP contribution in [-0.2, 0) is 4.74 Å². The minimum atomic E-state index is -0.421. The van der Waals surface area contributed by atoms with Crippen molar-refractivity contribution in [3.05, 3.63) is 72.1 Å². The fraction of sp³-hybridized carbons (Fsp3) is 0.190. The molecule has 0 aliphatic rings. The van der Waals surface area contributed by atoms with Gasteiger partial charge in [0, 0.05) is 17.8 Å². The van der Waals surface area contributed by atoms with Gasteiger partial charge in [0.1, 0.15) is 6.26 Å². The molecule has 0 atom stereocenters. The summed E-state index contributed by atoms with van der Waals surface area (Å²) in [5, 5.41) is 0. The summed E-state index contributed by atoms with van der Waals surface area (Å²) in [7, 11) is 0. The quantitative estimate of drug-likeness (QED) is 0.613. The summed E-state index contributed by atoms with van der Waals surface area (Å²) in [6, 6.07) is 16.1. The maximum atomic E-state index is 12.9. The number of rotatable bonds is 6. The van der Waals surface area contributed by atoms with Gasteiger partial charge in [-0.2, -0.15) is 0 Å². The molecule has 3 rings (SSSR count). The number of nitrogens with zero attached hydrogens (tertiary/aromatic N) is 2. The molecule has 27 heavy (non-hydrogen) atoms. The Bertz CT molecular complexity index is 934. The second kappa shape index (κ2) is 8.31. The first-order valence-electron chi connectivity index (χ1n) is 8.74. The highest BCUT2D eigenvalue weighted by Crippen LogP contribution is 2.22. The summed E-state index contributed by atoms with van der Waals surface area (Å²) in [6.07, 6.45) is 1.35. The molecule has 6 heteroatoms. The van der Waals surface area contributed by atoms with Crippen molar-refractivity contribution in [2.45, 2.75) is 13.8 Å². The highest BCUT2D eigenvalue weighted by molar-refractivity contribution is 6.05. The van der Waals surface area contributed by atoms with Gasteiger partial charge in [0.15, 0.2) is 5.69 Å². The van der Waals surface area contributed by atoms with Gasteiger partial charge in [-0.05, 0) is 44.2 Å². The van der Waals surface area contributed by atoms with Gasteiger partial charge in [-0.3, -0.25) is 4.79 Å². The van der Waals surface area contributed by atoms with Gasteiger partial charge in [-0.25, -0.2) is 9.78 Å². The minimum absolute atomic E-state index is 0.206. The lowest BCUT2D eigenvalue weighted by Crippen LogP contribution is -2.31. The van der Waals surface area contributed by atoms with Crippen LogP contribution in [0.1, 0.15) is 34.7 Å². The van der Waals surface area contributed by atoms with Crippen LogP contribution in [0.15, 0.2) is 65.3 Å². The van der Waals surface area contributed by atoms with Crippen LogP contribution in [0.25, 0.3) is 11.5 Å². The standard InChI is InChI=1S/C21H20N2O4/c1-3-23(17-12-8-11-16(13-17)21(25)26-4-2)20(24)18-14-27-19(22-18)15-9-6-5-7-10-15/h5-14H,3-4H2,1-2H3. The second-order valence-electron chi connectivity index (χ2n) is 5.72. The average Bonchev–Trinajstić information content (AvgIpc) is 3.20. The van der Waals surface area contributed by atoms with Crippen molar-refractivity contribution < 1.29 is 18.7 Å². The fourth-order valence-corrected chi connectivity index (χ4v) is 2.68. The first-order valence-corrected chi connectivity index (χ1v) is 8.74. The maximum absolute atomic E-state index is 12.9. The van der Waals surface area contributed by atoms with Crippen LogP contribution >= 0.6 is 0 Å². The Kier molecular flexibility index (Phi) is 5.66. The van der Waals surface area contributed by atoms with E-state index in [1.165, 1.54) is 11.2 Å². The first kappa shape index (κ1) is 18.4. The van der Waals surface area contributed by atoms with Crippen molar-refractivity contribution in [2.24, 2.45) is 0 Å². The number of hydrogen-bond acceptors (Lipinski definition) is 5. The lowest BCUT2D eigenvalue weighted by atomic mass is 10.2. The highest BCUT2D eigenvalue weighted by atomic mass is 16.5. The number of hydrogen-bond donors (Lipinski definition) is 0. The van der Waals surface area contributed by atoms with Crippen LogP contribution in [-0.4, -0.2) is 30.0 Å². The van der Waals surface area contributed by atoms with Crippen molar-refractivity contribution in [2.75, 3.05) is 18.1 Å². The van der Waals surface area contributed by atoms with Gasteiger partial charge in [-0.15, -0.1) is 0 Å². The van der Waals surface area contributed by atoms with E-state index >= 15 is 0 Å². The summed E-state index contributed by atoms with van der Waals surface area (Å²) in [4.78, 5) is 30.7. The molecule has 0 N–H and O–H groups in total. The van der Waals surface area contributed by atoms with Crippen LogP contribution in [0.4, 0.5) is 5.69 Å². The number of benzene rings is 2. The molecule has 1 amide bonds. The van der Waals surface area contributed by atoms with Crippen LogP contribution in [0.3, 0.4) is 0 Å². The third kappa shape index (κ3) is 4.06. The summed E-state index contributed by atoms with van der Waals surface area (Å²) >= 11 is 0. The lowest BCUT2D eigenvalue weighted by Gasteiger charge is -2.20. The Labute approximate surface area is 157 Å². The van der Waals surface area contributed by atoms with Crippen LogP contribution in [0.2, 0.25) is 0 Å². The van der Waals surface area contributed by atoms with Gasteiger partial charge in [0.2, 0.25) is 5.89 Å². The van der Waals surface area contributed by atoms with Crippen molar-refractivity contribution in [3.63, 3.8) is 0 Å². The van der Waals surface area contributed by atoms with Gasteiger partial charge in [0.25, 0.3) is 5.91 Å². The second-order valence-corrected chi connectivity index (χ2v) is 5.72. The van der Waals surface area contributed by atoms with Crippen molar-refractivity contribution in [1.29, 1.82) is 0 Å². The zero-order chi connectivity index (χ0) is 19.2. The molecule has 0 saturated heterocycles. The molecule has 1 heterocycles. The number of oxazole rings is 1. The Morgan fingerprint density at radius 1 is 1.07 bits per heavy atom. The number of aromatic nitrogens is 1. The largest absolute Gasteiger partial charge is 0.462 e. The van der Waals surface area contributed by atoms with Crippen molar-refractivity contribution >= 4 is 17.6 Å². The lowest BCUT2D eigenvalue weighted by molar-refractivity contribution is 0.0526. The highest BCUT2D eigenvalue weighted by Gasteiger charge is 2.21. The number of carbonyl (C=O) groups is 2. The number of ether oxygens (including phenoxy) is 1. The SMILES string of the molecule is CCOC(=O)c1cccc(N(CC)C(=O)c2coc(-c3ccccc3)n2)c1. The van der Waals surface area contributed by atoms with E-state index < -0.39 is 5.97 Å². The summed E-state index contributed by atoms with van der Waals surface area (Å²) in [5.74, 6) is -0.338. The molecular weight excluding hydrogens is 344 g/mol. The summed E-state index contributed by atoms with van der Waals surface area (Å²) in [6.45, 7) is 4.31. The Balaban J connectivity index is 1.86. The van der Waals surface area contributed by atoms with Crippen molar-refractivity contribution in [3.8, 4) is 11.5 Å². The molecule has 2 aromatic carbocycles. The third-order valence-corrected chi connectivity index (χ3v) is 3.97. The molecule has 0 aliphatic heterocycles. The zero-order valence-electron chi connectivity index (χ0n) is 15.2. The van der Waals surface area contributed by atoms with E-state index in [1.54, 1.807) is 31.2 Å². The van der Waals surface area contributed by atoms with E-state index in [2.05, 4.69) is 4.98 Å². The molecule has 0 aliphatic carbocycles. The van der Waals surface area contributed by atoms with E-state index in [1.807, 2.05) is 37.3 Å². The average molecular weight is 364 g/mol. The molecular formula is C21H20N2O4. The monoisotopic (exact) mass is 364 g/mol. The van der Waals surface area contributed by atoms with E-state index in [9.17, 15) is 9.59 Å². The predicted octanol–water partition coefficient (Wildman–Crippen LogP) is 4.19. The number of esters is 1. The van der Waals surface area contributed by atoms with Gasteiger partial charge >= 0.3 is 5.97 Å². The number of carbonyl (C=O) groups excluding carboxylic acids is 2. The van der Waals surface area contributed by atoms with Gasteiger partial charge < -0.3 is 14.1 Å². The fourth-order valence-electron chi connectivity index (χ4n) is 2.68. The number of anilines is 1. The summed E-state index contributed by atoms with van der Waals surface area (Å²) < 4.78 is 10.5. The molecule has 0 radical (unpaired) electrons. The van der Waals surface area contributed by atoms with Crippen LogP contribution in [0.5, 0.6) is 0 Å². The van der Waals surface area contributed by atoms with Crippen molar-refractivity contribution in [1.82, 2.24) is 4.98 Å². The maximum Gasteiger partial charge on any atom is 0.338 e. The van der Waals surface area contributed by atoms with E-state index in [0.717, 1.165) is 5.56 Å². The Morgan fingerprint density at radius 3 is 2.56 bits per heavy atom. The molecule has 0 fully saturated rings. The Morgan fingerprint density at radius 2 is 1.85 bits per heavy atom. The molecule has 0 spiro atoms. The van der Waals surface area contributed by atoms with Gasteiger partial charge in [0.05, 0.1) is 12.2 Å².